The van der Waals surface area contributed by atoms with E-state index in [-0.39, 0.29) is 22.9 Å². The predicted molar refractivity (Wildman–Crippen MR) is 115 cm³/mol. The molecule has 0 atom stereocenters. The van der Waals surface area contributed by atoms with Gasteiger partial charge in [-0.1, -0.05) is 0 Å². The van der Waals surface area contributed by atoms with Crippen molar-refractivity contribution >= 4 is 6.03 Å². The molecule has 7 rings (SSSR count). The largest absolute Gasteiger partial charge is 0.435 e. The fourth-order valence-electron chi connectivity index (χ4n) is 6.82. The zero-order chi connectivity index (χ0) is 24.2. The van der Waals surface area contributed by atoms with Crippen molar-refractivity contribution in [3.63, 3.8) is 0 Å². The van der Waals surface area contributed by atoms with E-state index in [0.717, 1.165) is 70.8 Å². The molecule has 3 aliphatic carbocycles. The summed E-state index contributed by atoms with van der Waals surface area (Å²) >= 11 is 0. The minimum atomic E-state index is -4.41. The van der Waals surface area contributed by atoms with Crippen LogP contribution in [0.4, 0.5) is 18.0 Å². The van der Waals surface area contributed by atoms with Gasteiger partial charge < -0.3 is 14.9 Å². The number of nitrogens with zero attached hydrogens (tertiary/aromatic N) is 7. The van der Waals surface area contributed by atoms with Crippen LogP contribution in [0.2, 0.25) is 0 Å². The molecule has 2 amide bonds. The molecule has 5 fully saturated rings. The van der Waals surface area contributed by atoms with Gasteiger partial charge in [-0.05, 0) is 50.5 Å². The number of hydrogen-bond acceptors (Lipinski definition) is 5. The number of aromatic nitrogens is 5. The highest BCUT2D eigenvalue weighted by Gasteiger charge is 2.59. The number of halogens is 3. The Morgan fingerprint density at radius 3 is 2.23 bits per heavy atom. The number of hydrogen-bond donors (Lipinski definition) is 1. The molecule has 12 heteroatoms. The minimum absolute atomic E-state index is 0.106. The van der Waals surface area contributed by atoms with E-state index >= 15 is 0 Å². The number of rotatable bonds is 4. The molecule has 2 aromatic rings. The number of amides is 2. The van der Waals surface area contributed by atoms with Crippen molar-refractivity contribution < 1.29 is 23.1 Å². The fourth-order valence-corrected chi connectivity index (χ4v) is 6.82. The lowest BCUT2D eigenvalue weighted by Gasteiger charge is -2.63. The number of carbonyl (C=O) groups is 1. The number of likely N-dealkylation sites (tertiary alicyclic amines) is 2. The van der Waals surface area contributed by atoms with Gasteiger partial charge in [0, 0.05) is 49.8 Å². The molecule has 5 aliphatic rings. The first-order valence-electron chi connectivity index (χ1n) is 12.3. The summed E-state index contributed by atoms with van der Waals surface area (Å²) in [4.78, 5) is 21.0. The molecule has 35 heavy (non-hydrogen) atoms. The quantitative estimate of drug-likeness (QED) is 0.710. The SMILES string of the molecule is O=C(N1CC2(CC(Cn3ccc(C(F)(F)F)n3)C2)C1)N1CC2(CC(n3cnc(C4(O)CC4)n3)C2)C1. The molecule has 2 spiro atoms. The van der Waals surface area contributed by atoms with E-state index in [2.05, 4.69) is 15.2 Å². The lowest BCUT2D eigenvalue weighted by Crippen LogP contribution is -2.71. The first-order chi connectivity index (χ1) is 16.5. The van der Waals surface area contributed by atoms with Crippen molar-refractivity contribution in [1.82, 2.24) is 34.3 Å². The molecule has 0 bridgehead atoms. The Kier molecular flexibility index (Phi) is 4.19. The summed E-state index contributed by atoms with van der Waals surface area (Å²) in [6, 6.07) is 1.41. The lowest BCUT2D eigenvalue weighted by molar-refractivity contribution is -0.141. The molecule has 1 N–H and O–H groups in total. The monoisotopic (exact) mass is 491 g/mol. The Labute approximate surface area is 199 Å². The summed E-state index contributed by atoms with van der Waals surface area (Å²) in [5.41, 5.74) is -1.33. The molecule has 0 aromatic carbocycles. The number of carbonyl (C=O) groups excluding carboxylic acids is 1. The third-order valence-electron chi connectivity index (χ3n) is 8.83. The van der Waals surface area contributed by atoms with Gasteiger partial charge in [-0.3, -0.25) is 4.68 Å². The van der Waals surface area contributed by atoms with Crippen LogP contribution < -0.4 is 0 Å². The van der Waals surface area contributed by atoms with Crippen LogP contribution in [0.25, 0.3) is 0 Å². The summed E-state index contributed by atoms with van der Waals surface area (Å²) in [6.45, 7) is 3.54. The van der Waals surface area contributed by atoms with E-state index in [1.54, 1.807) is 6.33 Å². The first-order valence-corrected chi connectivity index (χ1v) is 12.3. The Balaban J connectivity index is 0.845. The molecular formula is C23H28F3N7O2. The summed E-state index contributed by atoms with van der Waals surface area (Å²) in [5, 5.41) is 18.3. The maximum atomic E-state index is 12.9. The van der Waals surface area contributed by atoms with Crippen LogP contribution in [-0.2, 0) is 18.3 Å². The molecule has 4 heterocycles. The van der Waals surface area contributed by atoms with E-state index in [9.17, 15) is 23.1 Å². The molecule has 2 aliphatic heterocycles. The van der Waals surface area contributed by atoms with Gasteiger partial charge in [0.2, 0.25) is 0 Å². The number of urea groups is 1. The van der Waals surface area contributed by atoms with Crippen LogP contribution in [0.1, 0.15) is 56.1 Å². The zero-order valence-corrected chi connectivity index (χ0v) is 19.3. The van der Waals surface area contributed by atoms with Gasteiger partial charge in [0.1, 0.15) is 11.9 Å². The van der Waals surface area contributed by atoms with Crippen LogP contribution in [-0.4, -0.2) is 71.7 Å². The summed E-state index contributed by atoms with van der Waals surface area (Å²) in [6.07, 6.45) is 3.99. The van der Waals surface area contributed by atoms with E-state index in [1.165, 1.54) is 10.9 Å². The van der Waals surface area contributed by atoms with Crippen molar-refractivity contribution in [3.8, 4) is 0 Å². The predicted octanol–water partition coefficient (Wildman–Crippen LogP) is 2.64. The first kappa shape index (κ1) is 21.6. The van der Waals surface area contributed by atoms with Gasteiger partial charge in [-0.2, -0.15) is 23.4 Å². The van der Waals surface area contributed by atoms with E-state index < -0.39 is 17.5 Å². The topological polar surface area (TPSA) is 92.3 Å². The van der Waals surface area contributed by atoms with Gasteiger partial charge >= 0.3 is 12.2 Å². The molecule has 3 saturated carbocycles. The van der Waals surface area contributed by atoms with Crippen LogP contribution >= 0.6 is 0 Å². The van der Waals surface area contributed by atoms with Crippen LogP contribution in [0.15, 0.2) is 18.6 Å². The van der Waals surface area contributed by atoms with Gasteiger partial charge in [0.05, 0.1) is 6.04 Å². The molecule has 0 radical (unpaired) electrons. The molecule has 9 nitrogen and oxygen atoms in total. The van der Waals surface area contributed by atoms with Crippen molar-refractivity contribution in [2.24, 2.45) is 16.7 Å². The highest BCUT2D eigenvalue weighted by atomic mass is 19.4. The average Bonchev–Trinajstić information content (AvgIpc) is 3.10. The standard InChI is InChI=1S/C23H28F3N7O2/c24-23(25,26)17-1-4-32(28-17)9-15-5-20(6-15)10-30(11-20)19(34)31-12-21(13-31)7-16(8-21)33-14-27-18(29-33)22(35)2-3-22/h1,4,14-16,35H,2-3,5-13H2. The van der Waals surface area contributed by atoms with Gasteiger partial charge in [0.25, 0.3) is 0 Å². The Morgan fingerprint density at radius 1 is 1.03 bits per heavy atom. The number of alkyl halides is 3. The average molecular weight is 492 g/mol. The van der Waals surface area contributed by atoms with Crippen LogP contribution in [0.3, 0.4) is 0 Å². The maximum Gasteiger partial charge on any atom is 0.435 e. The van der Waals surface area contributed by atoms with E-state index in [0.29, 0.717) is 18.3 Å². The van der Waals surface area contributed by atoms with Gasteiger partial charge in [-0.15, -0.1) is 0 Å². The van der Waals surface area contributed by atoms with Crippen molar-refractivity contribution in [2.75, 3.05) is 26.2 Å². The molecule has 188 valence electrons. The van der Waals surface area contributed by atoms with Crippen LogP contribution in [0, 0.1) is 16.7 Å². The summed E-state index contributed by atoms with van der Waals surface area (Å²) in [5.74, 6) is 0.842. The van der Waals surface area contributed by atoms with Crippen LogP contribution in [0.5, 0.6) is 0 Å². The summed E-state index contributed by atoms with van der Waals surface area (Å²) < 4.78 is 41.4. The van der Waals surface area contributed by atoms with Gasteiger partial charge in [0.15, 0.2) is 11.5 Å². The van der Waals surface area contributed by atoms with E-state index in [4.69, 9.17) is 0 Å². The minimum Gasteiger partial charge on any atom is -0.382 e. The fraction of sp³-hybridized carbons (Fsp3) is 0.739. The van der Waals surface area contributed by atoms with Crippen molar-refractivity contribution in [1.29, 1.82) is 0 Å². The second kappa shape index (κ2) is 6.77. The molecular weight excluding hydrogens is 463 g/mol. The van der Waals surface area contributed by atoms with Crippen molar-refractivity contribution in [2.45, 2.75) is 62.9 Å². The third kappa shape index (κ3) is 3.47. The second-order valence-electron chi connectivity index (χ2n) is 11.8. The summed E-state index contributed by atoms with van der Waals surface area (Å²) in [7, 11) is 0. The Morgan fingerprint density at radius 2 is 1.66 bits per heavy atom. The Hall–Kier alpha value is -2.63. The zero-order valence-electron chi connectivity index (χ0n) is 19.3. The second-order valence-corrected chi connectivity index (χ2v) is 11.8. The highest BCUT2D eigenvalue weighted by molar-refractivity contribution is 5.77. The molecule has 2 saturated heterocycles. The highest BCUT2D eigenvalue weighted by Crippen LogP contribution is 2.56. The smallest absolute Gasteiger partial charge is 0.382 e. The molecule has 0 unspecified atom stereocenters. The van der Waals surface area contributed by atoms with Crippen molar-refractivity contribution in [3.05, 3.63) is 30.1 Å². The lowest BCUT2D eigenvalue weighted by atomic mass is 9.57. The van der Waals surface area contributed by atoms with E-state index in [1.807, 2.05) is 14.5 Å². The maximum absolute atomic E-state index is 12.9. The number of aliphatic hydroxyl groups is 1. The third-order valence-corrected chi connectivity index (χ3v) is 8.83. The normalized spacial score (nSPS) is 26.3. The Bertz CT molecular complexity index is 1160. The molecule has 2 aromatic heterocycles. The van der Waals surface area contributed by atoms with Gasteiger partial charge in [-0.25, -0.2) is 14.5 Å².